The summed E-state index contributed by atoms with van der Waals surface area (Å²) in [6, 6.07) is 0. The molecule has 0 aliphatic rings. The minimum atomic E-state index is -1.74. The monoisotopic (exact) mass is 274 g/mol. The van der Waals surface area contributed by atoms with Crippen LogP contribution in [0.5, 0.6) is 0 Å². The normalized spacial score (nSPS) is 15.3. The molecular weight excluding hydrogens is 259 g/mol. The number of rotatable bonds is 4. The first-order valence-electron chi connectivity index (χ1n) is 3.31. The van der Waals surface area contributed by atoms with E-state index >= 15 is 0 Å². The molecule has 0 aromatic rings. The average molecular weight is 274 g/mol. The summed E-state index contributed by atoms with van der Waals surface area (Å²) in [5, 5.41) is 0. The van der Waals surface area contributed by atoms with E-state index in [4.69, 9.17) is 8.85 Å². The van der Waals surface area contributed by atoms with E-state index in [1.54, 1.807) is 7.11 Å². The van der Waals surface area contributed by atoms with Crippen LogP contribution in [0.25, 0.3) is 0 Å². The molecule has 4 heteroatoms. The van der Waals surface area contributed by atoms with Crippen molar-refractivity contribution in [1.82, 2.24) is 0 Å². The highest BCUT2D eigenvalue weighted by Gasteiger charge is 2.22. The van der Waals surface area contributed by atoms with Gasteiger partial charge < -0.3 is 8.85 Å². The van der Waals surface area contributed by atoms with Crippen LogP contribution in [0.1, 0.15) is 6.92 Å². The lowest BCUT2D eigenvalue weighted by molar-refractivity contribution is 0.216. The van der Waals surface area contributed by atoms with Gasteiger partial charge in [-0.2, -0.15) is 0 Å². The minimum absolute atomic E-state index is 0.569. The fourth-order valence-electron chi connectivity index (χ4n) is 0.374. The Kier molecular flexibility index (Phi) is 5.09. The van der Waals surface area contributed by atoms with Crippen molar-refractivity contribution in [1.29, 1.82) is 0 Å². The second kappa shape index (κ2) is 4.69. The van der Waals surface area contributed by atoms with Crippen molar-refractivity contribution in [3.63, 3.8) is 0 Å². The van der Waals surface area contributed by atoms with Crippen molar-refractivity contribution in [2.75, 3.05) is 13.7 Å². The Morgan fingerprint density at radius 1 is 1.50 bits per heavy atom. The molecule has 10 heavy (non-hydrogen) atoms. The molecule has 0 fully saturated rings. The molecule has 0 spiro atoms. The zero-order chi connectivity index (χ0) is 8.20. The SMILES string of the molecule is CO[Si](C)(C)OCC(C)I. The Bertz CT molecular complexity index is 95.7. The first kappa shape index (κ1) is 10.9. The van der Waals surface area contributed by atoms with Gasteiger partial charge in [0, 0.05) is 17.6 Å². The van der Waals surface area contributed by atoms with Crippen LogP contribution in [0.15, 0.2) is 0 Å². The maximum Gasteiger partial charge on any atom is 0.331 e. The van der Waals surface area contributed by atoms with Crippen LogP contribution >= 0.6 is 22.6 Å². The predicted octanol–water partition coefficient (Wildman–Crippen LogP) is 2.17. The highest BCUT2D eigenvalue weighted by atomic mass is 127. The molecule has 0 N–H and O–H groups in total. The van der Waals surface area contributed by atoms with Crippen molar-refractivity contribution < 1.29 is 8.85 Å². The topological polar surface area (TPSA) is 18.5 Å². The molecule has 0 saturated heterocycles. The Hall–Kier alpha value is 0.867. The zero-order valence-corrected chi connectivity index (χ0v) is 10.1. The molecule has 0 heterocycles. The van der Waals surface area contributed by atoms with Gasteiger partial charge >= 0.3 is 8.56 Å². The van der Waals surface area contributed by atoms with Crippen LogP contribution in [-0.2, 0) is 8.85 Å². The second-order valence-corrected chi connectivity index (χ2v) is 8.32. The summed E-state index contributed by atoms with van der Waals surface area (Å²) in [5.41, 5.74) is 0. The maximum atomic E-state index is 5.55. The molecule has 0 aromatic carbocycles. The van der Waals surface area contributed by atoms with E-state index in [2.05, 4.69) is 29.5 Å². The molecule has 0 rings (SSSR count). The first-order chi connectivity index (χ1) is 4.48. The van der Waals surface area contributed by atoms with Gasteiger partial charge in [0.05, 0.1) is 0 Å². The quantitative estimate of drug-likeness (QED) is 0.444. The molecule has 0 amide bonds. The molecule has 0 aliphatic heterocycles. The van der Waals surface area contributed by atoms with Crippen LogP contribution in [-0.4, -0.2) is 26.2 Å². The summed E-state index contributed by atoms with van der Waals surface area (Å²) in [6.07, 6.45) is 0. The molecule has 0 radical (unpaired) electrons. The molecule has 0 saturated carbocycles. The largest absolute Gasteiger partial charge is 0.398 e. The maximum absolute atomic E-state index is 5.55. The summed E-state index contributed by atoms with van der Waals surface area (Å²) < 4.78 is 11.3. The van der Waals surface area contributed by atoms with Crippen LogP contribution in [0.2, 0.25) is 13.1 Å². The van der Waals surface area contributed by atoms with Crippen LogP contribution in [0.3, 0.4) is 0 Å². The van der Waals surface area contributed by atoms with Crippen molar-refractivity contribution >= 4 is 31.2 Å². The molecule has 1 atom stereocenters. The van der Waals surface area contributed by atoms with E-state index in [-0.39, 0.29) is 0 Å². The van der Waals surface area contributed by atoms with Crippen molar-refractivity contribution in [2.45, 2.75) is 23.9 Å². The molecule has 0 aromatic heterocycles. The van der Waals surface area contributed by atoms with Crippen LogP contribution in [0.4, 0.5) is 0 Å². The van der Waals surface area contributed by atoms with Gasteiger partial charge in [-0.25, -0.2) is 0 Å². The average Bonchev–Trinajstić information content (AvgIpc) is 1.85. The predicted molar refractivity (Wildman–Crippen MR) is 53.9 cm³/mol. The minimum Gasteiger partial charge on any atom is -0.398 e. The Morgan fingerprint density at radius 2 is 2.00 bits per heavy atom. The first-order valence-corrected chi connectivity index (χ1v) is 7.37. The molecular formula is C6H15IO2Si. The summed E-state index contributed by atoms with van der Waals surface area (Å²) in [5.74, 6) is 0. The standard InChI is InChI=1S/C6H15IO2Si/c1-6(7)5-9-10(3,4)8-2/h6H,5H2,1-4H3. The van der Waals surface area contributed by atoms with Gasteiger partial charge in [-0.3, -0.25) is 0 Å². The second-order valence-electron chi connectivity index (χ2n) is 2.70. The Morgan fingerprint density at radius 3 is 2.30 bits per heavy atom. The van der Waals surface area contributed by atoms with Crippen LogP contribution < -0.4 is 0 Å². The van der Waals surface area contributed by atoms with Gasteiger partial charge in [-0.1, -0.05) is 29.5 Å². The fraction of sp³-hybridized carbons (Fsp3) is 1.00. The fourth-order valence-corrected chi connectivity index (χ4v) is 1.66. The third-order valence-corrected chi connectivity index (χ3v) is 3.36. The van der Waals surface area contributed by atoms with Gasteiger partial charge in [-0.15, -0.1) is 0 Å². The Labute approximate surface area is 77.7 Å². The lowest BCUT2D eigenvalue weighted by Crippen LogP contribution is -2.34. The zero-order valence-electron chi connectivity index (χ0n) is 6.98. The summed E-state index contributed by atoms with van der Waals surface area (Å²) >= 11 is 2.34. The highest BCUT2D eigenvalue weighted by Crippen LogP contribution is 2.07. The lowest BCUT2D eigenvalue weighted by Gasteiger charge is -2.20. The highest BCUT2D eigenvalue weighted by molar-refractivity contribution is 14.1. The van der Waals surface area contributed by atoms with E-state index in [0.717, 1.165) is 6.61 Å². The van der Waals surface area contributed by atoms with E-state index < -0.39 is 8.56 Å². The van der Waals surface area contributed by atoms with Crippen molar-refractivity contribution in [3.05, 3.63) is 0 Å². The third kappa shape index (κ3) is 5.64. The lowest BCUT2D eigenvalue weighted by atomic mass is 10.5. The van der Waals surface area contributed by atoms with Crippen molar-refractivity contribution in [2.24, 2.45) is 0 Å². The van der Waals surface area contributed by atoms with Gasteiger partial charge in [0.25, 0.3) is 0 Å². The summed E-state index contributed by atoms with van der Waals surface area (Å²) in [4.78, 5) is 0. The molecule has 62 valence electrons. The third-order valence-electron chi connectivity index (χ3n) is 1.15. The van der Waals surface area contributed by atoms with E-state index in [9.17, 15) is 0 Å². The molecule has 0 bridgehead atoms. The van der Waals surface area contributed by atoms with E-state index in [0.29, 0.717) is 3.92 Å². The molecule has 1 unspecified atom stereocenters. The van der Waals surface area contributed by atoms with E-state index in [1.807, 2.05) is 13.1 Å². The van der Waals surface area contributed by atoms with Crippen molar-refractivity contribution in [3.8, 4) is 0 Å². The Balaban J connectivity index is 3.46. The van der Waals surface area contributed by atoms with E-state index in [1.165, 1.54) is 0 Å². The number of hydrogen-bond donors (Lipinski definition) is 0. The van der Waals surface area contributed by atoms with Gasteiger partial charge in [0.15, 0.2) is 0 Å². The smallest absolute Gasteiger partial charge is 0.331 e. The van der Waals surface area contributed by atoms with Gasteiger partial charge in [0.1, 0.15) is 0 Å². The van der Waals surface area contributed by atoms with Crippen LogP contribution in [0, 0.1) is 0 Å². The molecule has 0 aliphatic carbocycles. The van der Waals surface area contributed by atoms with Gasteiger partial charge in [-0.05, 0) is 13.1 Å². The summed E-state index contributed by atoms with van der Waals surface area (Å²) in [7, 11) is -0.0325. The molecule has 2 nitrogen and oxygen atoms in total. The number of alkyl halides is 1. The number of hydrogen-bond acceptors (Lipinski definition) is 2. The summed E-state index contributed by atoms with van der Waals surface area (Å²) in [6.45, 7) is 7.02. The van der Waals surface area contributed by atoms with Gasteiger partial charge in [0.2, 0.25) is 0 Å². The number of halogens is 1.